The Kier molecular flexibility index (Phi) is 4.94. The SMILES string of the molecule is O=C(CC1CC2CCC(C1)N2)Nc1nc(-c2cccc(C(F)(F)F)c2)cs1. The van der Waals surface area contributed by atoms with Gasteiger partial charge in [-0.1, -0.05) is 12.1 Å². The molecule has 2 aromatic rings. The molecule has 2 bridgehead atoms. The standard InChI is InChI=1S/C19H20F3N3OS/c20-19(21,22)13-3-1-2-12(9-13)16-10-27-18(24-16)25-17(26)8-11-6-14-4-5-15(7-11)23-14/h1-3,9-11,14-15,23H,4-8H2,(H,24,25,26). The Morgan fingerprint density at radius 2 is 2.00 bits per heavy atom. The minimum absolute atomic E-state index is 0.0776. The zero-order valence-electron chi connectivity index (χ0n) is 14.6. The maximum Gasteiger partial charge on any atom is 0.416 e. The van der Waals surface area contributed by atoms with Crippen LogP contribution in [0, 0.1) is 5.92 Å². The van der Waals surface area contributed by atoms with Gasteiger partial charge in [0.15, 0.2) is 5.13 Å². The second-order valence-electron chi connectivity index (χ2n) is 7.34. The number of nitrogens with one attached hydrogen (secondary N) is 2. The summed E-state index contributed by atoms with van der Waals surface area (Å²) in [5.74, 6) is 0.304. The van der Waals surface area contributed by atoms with Gasteiger partial charge in [-0.25, -0.2) is 4.98 Å². The van der Waals surface area contributed by atoms with Crippen LogP contribution in [0.2, 0.25) is 0 Å². The summed E-state index contributed by atoms with van der Waals surface area (Å²) in [5, 5.41) is 8.44. The van der Waals surface area contributed by atoms with E-state index in [0.29, 0.717) is 40.8 Å². The molecule has 8 heteroatoms. The second kappa shape index (κ2) is 7.24. The molecule has 0 spiro atoms. The number of fused-ring (bicyclic) bond motifs is 2. The average molecular weight is 395 g/mol. The first-order chi connectivity index (χ1) is 12.9. The Morgan fingerprint density at radius 1 is 1.26 bits per heavy atom. The molecular formula is C19H20F3N3OS. The summed E-state index contributed by atoms with van der Waals surface area (Å²) < 4.78 is 38.6. The van der Waals surface area contributed by atoms with Crippen molar-refractivity contribution in [3.63, 3.8) is 0 Å². The summed E-state index contributed by atoms with van der Waals surface area (Å²) in [6.07, 6.45) is 0.504. The number of aromatic nitrogens is 1. The largest absolute Gasteiger partial charge is 0.416 e. The van der Waals surface area contributed by atoms with Gasteiger partial charge in [-0.05, 0) is 43.7 Å². The lowest BCUT2D eigenvalue weighted by molar-refractivity contribution is -0.137. The number of carbonyl (C=O) groups is 1. The zero-order valence-corrected chi connectivity index (χ0v) is 15.4. The molecule has 0 radical (unpaired) electrons. The van der Waals surface area contributed by atoms with E-state index in [4.69, 9.17) is 0 Å². The number of piperidine rings is 1. The molecule has 4 rings (SSSR count). The molecule has 144 valence electrons. The predicted molar refractivity (Wildman–Crippen MR) is 98.5 cm³/mol. The number of rotatable bonds is 4. The van der Waals surface area contributed by atoms with Crippen LogP contribution in [0.15, 0.2) is 29.6 Å². The van der Waals surface area contributed by atoms with Gasteiger partial charge >= 0.3 is 6.18 Å². The van der Waals surface area contributed by atoms with Crippen molar-refractivity contribution in [2.24, 2.45) is 5.92 Å². The second-order valence-corrected chi connectivity index (χ2v) is 8.20. The van der Waals surface area contributed by atoms with Crippen LogP contribution in [0.1, 0.15) is 37.7 Å². The van der Waals surface area contributed by atoms with Crippen molar-refractivity contribution in [2.45, 2.75) is 50.4 Å². The summed E-state index contributed by atoms with van der Waals surface area (Å²) in [6, 6.07) is 6.13. The number of anilines is 1. The number of nitrogens with zero attached hydrogens (tertiary/aromatic N) is 1. The van der Waals surface area contributed by atoms with Crippen LogP contribution in [0.4, 0.5) is 18.3 Å². The van der Waals surface area contributed by atoms with Gasteiger partial charge in [-0.15, -0.1) is 11.3 Å². The molecule has 0 aliphatic carbocycles. The van der Waals surface area contributed by atoms with E-state index in [9.17, 15) is 18.0 Å². The first-order valence-electron chi connectivity index (χ1n) is 9.06. The fraction of sp³-hybridized carbons (Fsp3) is 0.474. The Balaban J connectivity index is 1.39. The van der Waals surface area contributed by atoms with E-state index in [1.807, 2.05) is 0 Å². The van der Waals surface area contributed by atoms with E-state index >= 15 is 0 Å². The smallest absolute Gasteiger partial charge is 0.311 e. The van der Waals surface area contributed by atoms with Crippen LogP contribution in [0.5, 0.6) is 0 Å². The van der Waals surface area contributed by atoms with Crippen LogP contribution in [-0.4, -0.2) is 23.0 Å². The molecule has 0 saturated carbocycles. The summed E-state index contributed by atoms with van der Waals surface area (Å²) in [4.78, 5) is 16.6. The third-order valence-corrected chi connectivity index (χ3v) is 6.04. The van der Waals surface area contributed by atoms with Crippen molar-refractivity contribution in [2.75, 3.05) is 5.32 Å². The molecule has 2 saturated heterocycles. The molecule has 2 aliphatic heterocycles. The van der Waals surface area contributed by atoms with E-state index in [0.717, 1.165) is 25.0 Å². The lowest BCUT2D eigenvalue weighted by Crippen LogP contribution is -2.39. The number of hydrogen-bond acceptors (Lipinski definition) is 4. The lowest BCUT2D eigenvalue weighted by Gasteiger charge is -2.28. The van der Waals surface area contributed by atoms with Crippen molar-refractivity contribution in [3.05, 3.63) is 35.2 Å². The topological polar surface area (TPSA) is 54.0 Å². The van der Waals surface area contributed by atoms with Gasteiger partial charge in [0.2, 0.25) is 5.91 Å². The van der Waals surface area contributed by atoms with Gasteiger partial charge < -0.3 is 10.6 Å². The molecule has 3 heterocycles. The fourth-order valence-electron chi connectivity index (χ4n) is 4.09. The monoisotopic (exact) mass is 395 g/mol. The number of amides is 1. The number of thiazole rings is 1. The lowest BCUT2D eigenvalue weighted by atomic mass is 9.89. The Morgan fingerprint density at radius 3 is 2.70 bits per heavy atom. The minimum atomic E-state index is -4.39. The van der Waals surface area contributed by atoms with E-state index < -0.39 is 11.7 Å². The van der Waals surface area contributed by atoms with Crippen LogP contribution in [0.25, 0.3) is 11.3 Å². The molecule has 1 amide bonds. The van der Waals surface area contributed by atoms with Crippen molar-refractivity contribution in [3.8, 4) is 11.3 Å². The van der Waals surface area contributed by atoms with Gasteiger partial charge in [0.1, 0.15) is 0 Å². The van der Waals surface area contributed by atoms with Crippen molar-refractivity contribution in [1.82, 2.24) is 10.3 Å². The van der Waals surface area contributed by atoms with Crippen molar-refractivity contribution < 1.29 is 18.0 Å². The first kappa shape index (κ1) is 18.4. The molecule has 2 atom stereocenters. The molecule has 1 aromatic carbocycles. The van der Waals surface area contributed by atoms with Crippen LogP contribution in [-0.2, 0) is 11.0 Å². The Labute approximate surface area is 159 Å². The maximum atomic E-state index is 12.9. The molecule has 1 aromatic heterocycles. The van der Waals surface area contributed by atoms with Gasteiger partial charge in [-0.3, -0.25) is 4.79 Å². The van der Waals surface area contributed by atoms with Gasteiger partial charge in [0.25, 0.3) is 0 Å². The van der Waals surface area contributed by atoms with E-state index in [1.54, 1.807) is 11.4 Å². The average Bonchev–Trinajstić information content (AvgIpc) is 3.20. The third-order valence-electron chi connectivity index (χ3n) is 5.28. The zero-order chi connectivity index (χ0) is 19.0. The van der Waals surface area contributed by atoms with Gasteiger partial charge in [0.05, 0.1) is 11.3 Å². The van der Waals surface area contributed by atoms with Crippen LogP contribution in [0.3, 0.4) is 0 Å². The number of alkyl halides is 3. The van der Waals surface area contributed by atoms with Gasteiger partial charge in [0, 0.05) is 29.4 Å². The predicted octanol–water partition coefficient (Wildman–Crippen LogP) is 4.69. The van der Waals surface area contributed by atoms with Crippen molar-refractivity contribution >= 4 is 22.4 Å². The summed E-state index contributed by atoms with van der Waals surface area (Å²) >= 11 is 1.22. The highest BCUT2D eigenvalue weighted by Gasteiger charge is 2.34. The fourth-order valence-corrected chi connectivity index (χ4v) is 4.83. The van der Waals surface area contributed by atoms with E-state index in [-0.39, 0.29) is 5.91 Å². The number of hydrogen-bond donors (Lipinski definition) is 2. The summed E-state index contributed by atoms with van der Waals surface area (Å²) in [5.41, 5.74) is 0.108. The Hall–Kier alpha value is -1.93. The molecule has 2 N–H and O–H groups in total. The van der Waals surface area contributed by atoms with Crippen LogP contribution >= 0.6 is 11.3 Å². The normalized spacial score (nSPS) is 24.8. The highest BCUT2D eigenvalue weighted by atomic mass is 32.1. The Bertz CT molecular complexity index is 824. The number of carbonyl (C=O) groups excluding carboxylic acids is 1. The number of halogens is 3. The van der Waals surface area contributed by atoms with E-state index in [2.05, 4.69) is 15.6 Å². The first-order valence-corrected chi connectivity index (χ1v) is 9.94. The molecule has 2 aliphatic rings. The van der Waals surface area contributed by atoms with Gasteiger partial charge in [-0.2, -0.15) is 13.2 Å². The maximum absolute atomic E-state index is 12.9. The quantitative estimate of drug-likeness (QED) is 0.790. The third kappa shape index (κ3) is 4.32. The summed E-state index contributed by atoms with van der Waals surface area (Å²) in [7, 11) is 0. The highest BCUT2D eigenvalue weighted by molar-refractivity contribution is 7.14. The van der Waals surface area contributed by atoms with E-state index in [1.165, 1.54) is 30.2 Å². The highest BCUT2D eigenvalue weighted by Crippen LogP contribution is 2.34. The molecular weight excluding hydrogens is 375 g/mol. The summed E-state index contributed by atoms with van der Waals surface area (Å²) in [6.45, 7) is 0. The molecule has 2 fully saturated rings. The molecule has 4 nitrogen and oxygen atoms in total. The number of benzene rings is 1. The van der Waals surface area contributed by atoms with Crippen molar-refractivity contribution in [1.29, 1.82) is 0 Å². The minimum Gasteiger partial charge on any atom is -0.311 e. The molecule has 27 heavy (non-hydrogen) atoms. The molecule has 2 unspecified atom stereocenters. The van der Waals surface area contributed by atoms with Crippen LogP contribution < -0.4 is 10.6 Å².